The van der Waals surface area contributed by atoms with E-state index in [0.717, 1.165) is 56.8 Å². The van der Waals surface area contributed by atoms with Gasteiger partial charge in [0.25, 0.3) is 0 Å². The van der Waals surface area contributed by atoms with Crippen LogP contribution in [-0.4, -0.2) is 43.1 Å². The number of rotatable bonds is 9. The van der Waals surface area contributed by atoms with Gasteiger partial charge in [0.2, 0.25) is 5.91 Å². The average molecular weight is 344 g/mol. The molecule has 1 heterocycles. The molecular weight excluding hydrogens is 312 g/mol. The van der Waals surface area contributed by atoms with Crippen LogP contribution in [0.2, 0.25) is 0 Å². The van der Waals surface area contributed by atoms with Crippen molar-refractivity contribution < 1.29 is 9.53 Å². The predicted molar refractivity (Wildman–Crippen MR) is 104 cm³/mol. The summed E-state index contributed by atoms with van der Waals surface area (Å²) < 4.78 is 5.70. The molecule has 1 aliphatic heterocycles. The topological polar surface area (TPSA) is 41.6 Å². The molecule has 0 unspecified atom stereocenters. The molecule has 25 heavy (non-hydrogen) atoms. The number of unbranched alkanes of at least 4 members (excludes halogenated alkanes) is 2. The normalized spacial score (nSPS) is 16.2. The Kier molecular flexibility index (Phi) is 8.53. The number of benzene rings is 1. The van der Waals surface area contributed by atoms with Crippen molar-refractivity contribution in [3.63, 3.8) is 0 Å². The van der Waals surface area contributed by atoms with Gasteiger partial charge in [-0.3, -0.25) is 4.79 Å². The van der Waals surface area contributed by atoms with Crippen LogP contribution in [0.5, 0.6) is 5.75 Å². The fourth-order valence-corrected chi connectivity index (χ4v) is 3.03. The van der Waals surface area contributed by atoms with Gasteiger partial charge in [-0.05, 0) is 49.6 Å². The van der Waals surface area contributed by atoms with Crippen molar-refractivity contribution in [2.24, 2.45) is 0 Å². The Labute approximate surface area is 152 Å². The quantitative estimate of drug-likeness (QED) is 0.546. The minimum atomic E-state index is -0.00478. The van der Waals surface area contributed by atoms with Crippen LogP contribution >= 0.6 is 0 Å². The standard InChI is InChI=1S/C21H32N2O2/c1-3-5-6-17-25-20-10-7-18(8-11-20)9-12-21(24)22-19-13-15-23(4-2)16-14-19/h7-12,19H,3-6,13-17H2,1-2H3,(H,22,24)/b12-9+. The van der Waals surface area contributed by atoms with E-state index in [2.05, 4.69) is 24.1 Å². The van der Waals surface area contributed by atoms with Crippen LogP contribution in [0.1, 0.15) is 51.5 Å². The van der Waals surface area contributed by atoms with Crippen LogP contribution in [0, 0.1) is 0 Å². The number of nitrogens with zero attached hydrogens (tertiary/aromatic N) is 1. The first kappa shape index (κ1) is 19.5. The van der Waals surface area contributed by atoms with Gasteiger partial charge in [0.1, 0.15) is 5.75 Å². The molecule has 0 atom stereocenters. The van der Waals surface area contributed by atoms with Crippen LogP contribution in [0.15, 0.2) is 30.3 Å². The monoisotopic (exact) mass is 344 g/mol. The van der Waals surface area contributed by atoms with E-state index < -0.39 is 0 Å². The van der Waals surface area contributed by atoms with Gasteiger partial charge in [0.15, 0.2) is 0 Å². The van der Waals surface area contributed by atoms with Crippen LogP contribution in [-0.2, 0) is 4.79 Å². The highest BCUT2D eigenvalue weighted by Crippen LogP contribution is 2.14. The second-order valence-corrected chi connectivity index (χ2v) is 6.68. The first-order chi connectivity index (χ1) is 12.2. The molecule has 1 aliphatic rings. The number of hydrogen-bond acceptors (Lipinski definition) is 3. The lowest BCUT2D eigenvalue weighted by molar-refractivity contribution is -0.117. The molecule has 1 fully saturated rings. The maximum absolute atomic E-state index is 12.1. The summed E-state index contributed by atoms with van der Waals surface area (Å²) in [6, 6.07) is 8.20. The number of hydrogen-bond donors (Lipinski definition) is 1. The summed E-state index contributed by atoms with van der Waals surface area (Å²) in [6.07, 6.45) is 9.06. The lowest BCUT2D eigenvalue weighted by Gasteiger charge is -2.31. The van der Waals surface area contributed by atoms with Gasteiger partial charge in [0.05, 0.1) is 6.61 Å². The largest absolute Gasteiger partial charge is 0.494 e. The third-order valence-electron chi connectivity index (χ3n) is 4.71. The molecule has 1 aromatic rings. The zero-order valence-electron chi connectivity index (χ0n) is 15.7. The molecule has 0 aromatic heterocycles. The molecule has 4 heteroatoms. The smallest absolute Gasteiger partial charge is 0.244 e. The van der Waals surface area contributed by atoms with E-state index in [9.17, 15) is 4.79 Å². The van der Waals surface area contributed by atoms with Crippen molar-refractivity contribution in [2.45, 2.75) is 52.0 Å². The molecule has 0 radical (unpaired) electrons. The molecule has 1 N–H and O–H groups in total. The SMILES string of the molecule is CCCCCOc1ccc(/C=C/C(=O)NC2CCN(CC)CC2)cc1. The van der Waals surface area contributed by atoms with E-state index in [1.165, 1.54) is 12.8 Å². The summed E-state index contributed by atoms with van der Waals surface area (Å²) in [5.74, 6) is 0.884. The first-order valence-electron chi connectivity index (χ1n) is 9.65. The van der Waals surface area contributed by atoms with E-state index in [0.29, 0.717) is 6.04 Å². The van der Waals surface area contributed by atoms with Crippen molar-refractivity contribution in [3.8, 4) is 5.75 Å². The molecule has 0 aliphatic carbocycles. The molecule has 2 rings (SSSR count). The number of carbonyl (C=O) groups is 1. The van der Waals surface area contributed by atoms with E-state index in [1.54, 1.807) is 6.08 Å². The second kappa shape index (κ2) is 10.9. The number of carbonyl (C=O) groups excluding carboxylic acids is 1. The van der Waals surface area contributed by atoms with Gasteiger partial charge < -0.3 is 15.0 Å². The summed E-state index contributed by atoms with van der Waals surface area (Å²) in [5.41, 5.74) is 1.01. The Bertz CT molecular complexity index is 531. The number of ether oxygens (including phenoxy) is 1. The summed E-state index contributed by atoms with van der Waals surface area (Å²) >= 11 is 0. The summed E-state index contributed by atoms with van der Waals surface area (Å²) in [4.78, 5) is 14.5. The van der Waals surface area contributed by atoms with Crippen molar-refractivity contribution in [1.29, 1.82) is 0 Å². The van der Waals surface area contributed by atoms with Gasteiger partial charge in [-0.2, -0.15) is 0 Å². The van der Waals surface area contributed by atoms with Crippen molar-refractivity contribution >= 4 is 12.0 Å². The van der Waals surface area contributed by atoms with Gasteiger partial charge in [-0.1, -0.05) is 38.8 Å². The van der Waals surface area contributed by atoms with E-state index >= 15 is 0 Å². The minimum Gasteiger partial charge on any atom is -0.494 e. The van der Waals surface area contributed by atoms with Crippen molar-refractivity contribution in [3.05, 3.63) is 35.9 Å². The molecular formula is C21H32N2O2. The highest BCUT2D eigenvalue weighted by atomic mass is 16.5. The predicted octanol–water partition coefficient (Wildman–Crippen LogP) is 3.87. The summed E-state index contributed by atoms with van der Waals surface area (Å²) in [6.45, 7) is 8.38. The molecule has 138 valence electrons. The minimum absolute atomic E-state index is 0.00478. The fourth-order valence-electron chi connectivity index (χ4n) is 3.03. The van der Waals surface area contributed by atoms with E-state index in [4.69, 9.17) is 4.74 Å². The van der Waals surface area contributed by atoms with Crippen LogP contribution in [0.4, 0.5) is 0 Å². The van der Waals surface area contributed by atoms with Gasteiger partial charge >= 0.3 is 0 Å². The first-order valence-corrected chi connectivity index (χ1v) is 9.65. The Morgan fingerprint density at radius 2 is 1.92 bits per heavy atom. The fraction of sp³-hybridized carbons (Fsp3) is 0.571. The molecule has 0 spiro atoms. The van der Waals surface area contributed by atoms with Crippen LogP contribution < -0.4 is 10.1 Å². The van der Waals surface area contributed by atoms with Crippen molar-refractivity contribution in [2.75, 3.05) is 26.2 Å². The zero-order valence-corrected chi connectivity index (χ0v) is 15.7. The number of nitrogens with one attached hydrogen (secondary N) is 1. The molecule has 1 saturated heterocycles. The average Bonchev–Trinajstić information content (AvgIpc) is 2.65. The molecule has 0 saturated carbocycles. The molecule has 1 amide bonds. The van der Waals surface area contributed by atoms with Gasteiger partial charge in [0, 0.05) is 25.2 Å². The molecule has 1 aromatic carbocycles. The van der Waals surface area contributed by atoms with E-state index in [1.807, 2.05) is 30.3 Å². The third kappa shape index (κ3) is 7.30. The molecule has 4 nitrogen and oxygen atoms in total. The third-order valence-corrected chi connectivity index (χ3v) is 4.71. The Balaban J connectivity index is 1.72. The summed E-state index contributed by atoms with van der Waals surface area (Å²) in [7, 11) is 0. The maximum atomic E-state index is 12.1. The highest BCUT2D eigenvalue weighted by Gasteiger charge is 2.18. The number of likely N-dealkylation sites (tertiary alicyclic amines) is 1. The second-order valence-electron chi connectivity index (χ2n) is 6.68. The Morgan fingerprint density at radius 1 is 1.20 bits per heavy atom. The molecule has 0 bridgehead atoms. The highest BCUT2D eigenvalue weighted by molar-refractivity contribution is 5.91. The zero-order chi connectivity index (χ0) is 17.9. The number of amides is 1. The lowest BCUT2D eigenvalue weighted by Crippen LogP contribution is -2.44. The Hall–Kier alpha value is -1.81. The van der Waals surface area contributed by atoms with Crippen molar-refractivity contribution in [1.82, 2.24) is 10.2 Å². The van der Waals surface area contributed by atoms with Gasteiger partial charge in [-0.15, -0.1) is 0 Å². The van der Waals surface area contributed by atoms with Crippen LogP contribution in [0.25, 0.3) is 6.08 Å². The maximum Gasteiger partial charge on any atom is 0.244 e. The van der Waals surface area contributed by atoms with Gasteiger partial charge in [-0.25, -0.2) is 0 Å². The van der Waals surface area contributed by atoms with E-state index in [-0.39, 0.29) is 5.91 Å². The lowest BCUT2D eigenvalue weighted by atomic mass is 10.1. The Morgan fingerprint density at radius 3 is 2.56 bits per heavy atom. The van der Waals surface area contributed by atoms with Crippen LogP contribution in [0.3, 0.4) is 0 Å². The number of piperidine rings is 1. The summed E-state index contributed by atoms with van der Waals surface area (Å²) in [5, 5.41) is 3.11.